The van der Waals surface area contributed by atoms with Crippen molar-refractivity contribution in [3.8, 4) is 23.0 Å². The van der Waals surface area contributed by atoms with Gasteiger partial charge in [-0.15, -0.1) is 0 Å². The molecule has 2 aromatic rings. The van der Waals surface area contributed by atoms with Gasteiger partial charge in [0.25, 0.3) is 11.7 Å². The lowest BCUT2D eigenvalue weighted by Gasteiger charge is -2.29. The molecular formula is C29H36N2O8. The highest BCUT2D eigenvalue weighted by Crippen LogP contribution is 2.46. The number of carbonyl (C=O) groups is 2. The number of morpholine rings is 1. The molecule has 1 amide bonds. The molecular weight excluding hydrogens is 504 g/mol. The SMILES string of the molecule is COc1ccc(/C(O)=C2\C(=O)C(=O)N(CCCN3CCOCC3)[C@@H]2c2cc(OC)c(OC)c(OC)c2)cc1C. The van der Waals surface area contributed by atoms with Gasteiger partial charge >= 0.3 is 0 Å². The Morgan fingerprint density at radius 3 is 2.13 bits per heavy atom. The zero-order valence-corrected chi connectivity index (χ0v) is 23.1. The van der Waals surface area contributed by atoms with E-state index in [0.717, 1.165) is 25.2 Å². The first-order valence-electron chi connectivity index (χ1n) is 12.9. The van der Waals surface area contributed by atoms with E-state index in [1.807, 2.05) is 6.92 Å². The van der Waals surface area contributed by atoms with E-state index in [1.54, 1.807) is 37.4 Å². The van der Waals surface area contributed by atoms with Crippen LogP contribution in [0.25, 0.3) is 5.76 Å². The molecule has 0 bridgehead atoms. The third kappa shape index (κ3) is 5.67. The van der Waals surface area contributed by atoms with Crippen molar-refractivity contribution in [2.75, 3.05) is 67.8 Å². The molecule has 0 aromatic heterocycles. The molecule has 0 aliphatic carbocycles. The predicted molar refractivity (Wildman–Crippen MR) is 145 cm³/mol. The standard InChI is InChI=1S/C29H36N2O8/c1-18-15-19(7-8-21(18)35-2)26(32)24-25(20-16-22(36-3)28(38-5)23(17-20)37-4)31(29(34)27(24)33)10-6-9-30-11-13-39-14-12-30/h7-8,15-17,25,32H,6,9-14H2,1-5H3/b26-24+/t25-/m1/s1. The largest absolute Gasteiger partial charge is 0.507 e. The number of ketones is 1. The van der Waals surface area contributed by atoms with E-state index in [0.29, 0.717) is 60.3 Å². The number of ether oxygens (including phenoxy) is 5. The molecule has 2 aliphatic rings. The van der Waals surface area contributed by atoms with E-state index >= 15 is 0 Å². The Bertz CT molecular complexity index is 1230. The third-order valence-electron chi connectivity index (χ3n) is 7.19. The summed E-state index contributed by atoms with van der Waals surface area (Å²) in [7, 11) is 6.07. The van der Waals surface area contributed by atoms with Crippen molar-refractivity contribution in [2.45, 2.75) is 19.4 Å². The van der Waals surface area contributed by atoms with Gasteiger partial charge in [0.05, 0.1) is 53.3 Å². The Kier molecular flexibility index (Phi) is 8.98. The van der Waals surface area contributed by atoms with Crippen molar-refractivity contribution in [3.05, 3.63) is 52.6 Å². The van der Waals surface area contributed by atoms with Crippen LogP contribution in [0.3, 0.4) is 0 Å². The minimum absolute atomic E-state index is 0.00483. The average molecular weight is 541 g/mol. The van der Waals surface area contributed by atoms with Crippen molar-refractivity contribution in [3.63, 3.8) is 0 Å². The van der Waals surface area contributed by atoms with Crippen LogP contribution in [0.4, 0.5) is 0 Å². The lowest BCUT2D eigenvalue weighted by molar-refractivity contribution is -0.140. The lowest BCUT2D eigenvalue weighted by Crippen LogP contribution is -2.39. The second-order valence-electron chi connectivity index (χ2n) is 9.44. The highest BCUT2D eigenvalue weighted by molar-refractivity contribution is 6.46. The molecule has 2 heterocycles. The van der Waals surface area contributed by atoms with E-state index in [2.05, 4.69) is 4.90 Å². The number of hydrogen-bond donors (Lipinski definition) is 1. The Hall–Kier alpha value is -3.76. The number of likely N-dealkylation sites (tertiary alicyclic amines) is 1. The second-order valence-corrected chi connectivity index (χ2v) is 9.44. The minimum atomic E-state index is -0.856. The number of hydrogen-bond acceptors (Lipinski definition) is 9. The van der Waals surface area contributed by atoms with E-state index in [1.165, 1.54) is 26.2 Å². The van der Waals surface area contributed by atoms with Crippen molar-refractivity contribution in [1.82, 2.24) is 9.80 Å². The molecule has 2 aromatic carbocycles. The van der Waals surface area contributed by atoms with Crippen molar-refractivity contribution in [2.24, 2.45) is 0 Å². The van der Waals surface area contributed by atoms with Crippen LogP contribution in [-0.4, -0.2) is 94.4 Å². The number of aliphatic hydroxyl groups excluding tert-OH is 1. The molecule has 0 unspecified atom stereocenters. The van der Waals surface area contributed by atoms with Crippen LogP contribution >= 0.6 is 0 Å². The maximum absolute atomic E-state index is 13.5. The maximum atomic E-state index is 13.5. The Morgan fingerprint density at radius 2 is 1.56 bits per heavy atom. The molecule has 4 rings (SSSR count). The Balaban J connectivity index is 1.80. The van der Waals surface area contributed by atoms with Crippen LogP contribution in [0.1, 0.15) is 29.2 Å². The fourth-order valence-electron chi connectivity index (χ4n) is 5.19. The number of carbonyl (C=O) groups excluding carboxylic acids is 2. The molecule has 0 spiro atoms. The molecule has 10 heteroatoms. The summed E-state index contributed by atoms with van der Waals surface area (Å²) in [5, 5.41) is 11.5. The van der Waals surface area contributed by atoms with Crippen molar-refractivity contribution >= 4 is 17.4 Å². The molecule has 39 heavy (non-hydrogen) atoms. The molecule has 210 valence electrons. The van der Waals surface area contributed by atoms with Crippen molar-refractivity contribution < 1.29 is 38.4 Å². The number of rotatable bonds is 10. The summed E-state index contributed by atoms with van der Waals surface area (Å²) < 4.78 is 27.3. The number of benzene rings is 2. The number of aliphatic hydroxyl groups is 1. The van der Waals surface area contributed by atoms with Crippen LogP contribution in [0.5, 0.6) is 23.0 Å². The molecule has 1 N–H and O–H groups in total. The number of aryl methyl sites for hydroxylation is 1. The van der Waals surface area contributed by atoms with Gasteiger partial charge in [0.2, 0.25) is 5.75 Å². The summed E-state index contributed by atoms with van der Waals surface area (Å²) in [6, 6.07) is 7.67. The predicted octanol–water partition coefficient (Wildman–Crippen LogP) is 3.17. The highest BCUT2D eigenvalue weighted by atomic mass is 16.5. The van der Waals surface area contributed by atoms with E-state index in [4.69, 9.17) is 23.7 Å². The molecule has 0 saturated carbocycles. The third-order valence-corrected chi connectivity index (χ3v) is 7.19. The summed E-state index contributed by atoms with van der Waals surface area (Å²) in [5.41, 5.74) is 1.76. The van der Waals surface area contributed by atoms with E-state index in [9.17, 15) is 14.7 Å². The Labute approximate surface area is 228 Å². The van der Waals surface area contributed by atoms with Gasteiger partial charge in [-0.05, 0) is 54.8 Å². The van der Waals surface area contributed by atoms with Gasteiger partial charge in [-0.1, -0.05) is 0 Å². The highest BCUT2D eigenvalue weighted by Gasteiger charge is 2.46. The quantitative estimate of drug-likeness (QED) is 0.276. The van der Waals surface area contributed by atoms with E-state index < -0.39 is 17.7 Å². The molecule has 10 nitrogen and oxygen atoms in total. The summed E-state index contributed by atoms with van der Waals surface area (Å²) in [6.45, 7) is 5.93. The zero-order valence-electron chi connectivity index (χ0n) is 23.1. The number of nitrogens with zero attached hydrogens (tertiary/aromatic N) is 2. The van der Waals surface area contributed by atoms with Crippen LogP contribution < -0.4 is 18.9 Å². The van der Waals surface area contributed by atoms with Gasteiger partial charge in [0, 0.05) is 31.7 Å². The van der Waals surface area contributed by atoms with E-state index in [-0.39, 0.29) is 11.3 Å². The summed E-state index contributed by atoms with van der Waals surface area (Å²) in [5.74, 6) is 0.134. The van der Waals surface area contributed by atoms with Gasteiger partial charge in [0.15, 0.2) is 11.5 Å². The van der Waals surface area contributed by atoms with Crippen LogP contribution in [0.2, 0.25) is 0 Å². The fourth-order valence-corrected chi connectivity index (χ4v) is 5.19. The average Bonchev–Trinajstić information content (AvgIpc) is 3.21. The van der Waals surface area contributed by atoms with Gasteiger partial charge in [-0.2, -0.15) is 0 Å². The normalized spacial score (nSPS) is 19.3. The topological polar surface area (TPSA) is 107 Å². The van der Waals surface area contributed by atoms with Gasteiger partial charge < -0.3 is 33.7 Å². The Morgan fingerprint density at radius 1 is 0.923 bits per heavy atom. The second kappa shape index (κ2) is 12.4. The first-order valence-corrected chi connectivity index (χ1v) is 12.9. The summed E-state index contributed by atoms with van der Waals surface area (Å²) >= 11 is 0. The monoisotopic (exact) mass is 540 g/mol. The molecule has 2 saturated heterocycles. The lowest BCUT2D eigenvalue weighted by atomic mass is 9.94. The van der Waals surface area contributed by atoms with Gasteiger partial charge in [0.1, 0.15) is 11.5 Å². The number of methoxy groups -OCH3 is 4. The summed E-state index contributed by atoms with van der Waals surface area (Å²) in [4.78, 5) is 30.7. The summed E-state index contributed by atoms with van der Waals surface area (Å²) in [6.07, 6.45) is 0.648. The number of amides is 1. The molecule has 2 fully saturated rings. The zero-order chi connectivity index (χ0) is 28.1. The minimum Gasteiger partial charge on any atom is -0.507 e. The smallest absolute Gasteiger partial charge is 0.295 e. The van der Waals surface area contributed by atoms with Gasteiger partial charge in [-0.3, -0.25) is 14.5 Å². The van der Waals surface area contributed by atoms with Gasteiger partial charge in [-0.25, -0.2) is 0 Å². The van der Waals surface area contributed by atoms with Crippen LogP contribution in [0.15, 0.2) is 35.9 Å². The maximum Gasteiger partial charge on any atom is 0.295 e. The van der Waals surface area contributed by atoms with Crippen LogP contribution in [0, 0.1) is 6.92 Å². The molecule has 2 aliphatic heterocycles. The fraction of sp³-hybridized carbons (Fsp3) is 0.448. The first kappa shape index (κ1) is 28.3. The molecule has 1 atom stereocenters. The van der Waals surface area contributed by atoms with Crippen molar-refractivity contribution in [1.29, 1.82) is 0 Å². The first-order chi connectivity index (χ1) is 18.8. The molecule has 0 radical (unpaired) electrons. The number of Topliss-reactive ketones (excluding diaryl/α,β-unsaturated/α-hetero) is 1. The van der Waals surface area contributed by atoms with Crippen LogP contribution in [-0.2, 0) is 14.3 Å².